The quantitative estimate of drug-likeness (QED) is 0.852. The highest BCUT2D eigenvalue weighted by Crippen LogP contribution is 2.25. The maximum Gasteiger partial charge on any atom is 0.112 e. The molecule has 1 rings (SSSR count). The molecule has 1 unspecified atom stereocenters. The van der Waals surface area contributed by atoms with E-state index in [4.69, 9.17) is 0 Å². The summed E-state index contributed by atoms with van der Waals surface area (Å²) in [6.45, 7) is 13.1. The molecule has 1 aromatic rings. The fourth-order valence-electron chi connectivity index (χ4n) is 1.44. The van der Waals surface area contributed by atoms with E-state index in [-0.39, 0.29) is 5.54 Å². The second-order valence-corrected chi connectivity index (χ2v) is 5.95. The molecular formula is C12H22N2S. The van der Waals surface area contributed by atoms with Gasteiger partial charge in [0.1, 0.15) is 5.01 Å². The van der Waals surface area contributed by atoms with Crippen molar-refractivity contribution in [3.8, 4) is 0 Å². The van der Waals surface area contributed by atoms with Gasteiger partial charge in [-0.25, -0.2) is 4.98 Å². The van der Waals surface area contributed by atoms with Crippen molar-refractivity contribution >= 4 is 11.3 Å². The Morgan fingerprint density at radius 1 is 1.33 bits per heavy atom. The Kier molecular flexibility index (Phi) is 3.90. The zero-order valence-electron chi connectivity index (χ0n) is 10.6. The second kappa shape index (κ2) is 4.62. The molecule has 0 aromatic carbocycles. The van der Waals surface area contributed by atoms with Crippen LogP contribution in [0.1, 0.15) is 45.3 Å². The van der Waals surface area contributed by atoms with Gasteiger partial charge in [0.05, 0.1) is 5.54 Å². The van der Waals surface area contributed by atoms with Crippen LogP contribution in [0.4, 0.5) is 0 Å². The van der Waals surface area contributed by atoms with Crippen LogP contribution >= 0.6 is 11.3 Å². The Bertz CT molecular complexity index is 315. The van der Waals surface area contributed by atoms with E-state index in [1.165, 1.54) is 5.01 Å². The highest BCUT2D eigenvalue weighted by molar-refractivity contribution is 7.09. The van der Waals surface area contributed by atoms with Crippen LogP contribution in [0, 0.1) is 12.8 Å². The van der Waals surface area contributed by atoms with Crippen LogP contribution in [0.3, 0.4) is 0 Å². The van der Waals surface area contributed by atoms with E-state index in [1.54, 1.807) is 11.3 Å². The highest BCUT2D eigenvalue weighted by atomic mass is 32.1. The molecule has 0 spiro atoms. The molecule has 15 heavy (non-hydrogen) atoms. The maximum absolute atomic E-state index is 4.55. The lowest BCUT2D eigenvalue weighted by molar-refractivity contribution is 0.304. The second-order valence-electron chi connectivity index (χ2n) is 5.10. The molecule has 2 nitrogen and oxygen atoms in total. The van der Waals surface area contributed by atoms with Gasteiger partial charge in [-0.05, 0) is 33.6 Å². The number of aromatic nitrogens is 1. The van der Waals surface area contributed by atoms with Crippen LogP contribution in [-0.4, -0.2) is 11.0 Å². The van der Waals surface area contributed by atoms with Crippen molar-refractivity contribution in [1.82, 2.24) is 10.3 Å². The molecule has 1 aromatic heterocycles. The summed E-state index contributed by atoms with van der Waals surface area (Å²) >= 11 is 1.74. The molecule has 0 amide bonds. The molecule has 1 N–H and O–H groups in total. The zero-order valence-corrected chi connectivity index (χ0v) is 11.4. The van der Waals surface area contributed by atoms with Gasteiger partial charge < -0.3 is 5.32 Å². The summed E-state index contributed by atoms with van der Waals surface area (Å²) in [6.07, 6.45) is 0. The highest BCUT2D eigenvalue weighted by Gasteiger charge is 2.26. The average Bonchev–Trinajstić information content (AvgIpc) is 2.51. The SMILES string of the molecule is Cc1csc(C(C)(C)NC(C)C(C)C)n1. The molecule has 0 aliphatic heterocycles. The molecule has 0 saturated heterocycles. The van der Waals surface area contributed by atoms with Crippen molar-refractivity contribution in [2.75, 3.05) is 0 Å². The molecular weight excluding hydrogens is 204 g/mol. The number of rotatable bonds is 4. The van der Waals surface area contributed by atoms with Gasteiger partial charge in [0.2, 0.25) is 0 Å². The van der Waals surface area contributed by atoms with Crippen LogP contribution in [-0.2, 0) is 5.54 Å². The molecule has 1 atom stereocenters. The summed E-state index contributed by atoms with van der Waals surface area (Å²) < 4.78 is 0. The monoisotopic (exact) mass is 226 g/mol. The predicted molar refractivity (Wildman–Crippen MR) is 67.3 cm³/mol. The van der Waals surface area contributed by atoms with Gasteiger partial charge in [-0.15, -0.1) is 11.3 Å². The number of hydrogen-bond acceptors (Lipinski definition) is 3. The number of hydrogen-bond donors (Lipinski definition) is 1. The van der Waals surface area contributed by atoms with Crippen molar-refractivity contribution < 1.29 is 0 Å². The van der Waals surface area contributed by atoms with Crippen molar-refractivity contribution in [2.45, 2.75) is 53.1 Å². The van der Waals surface area contributed by atoms with Crippen LogP contribution in [0.25, 0.3) is 0 Å². The third-order valence-electron chi connectivity index (χ3n) is 2.74. The number of aryl methyl sites for hydroxylation is 1. The molecule has 1 heterocycles. The van der Waals surface area contributed by atoms with E-state index >= 15 is 0 Å². The minimum Gasteiger partial charge on any atom is -0.303 e. The van der Waals surface area contributed by atoms with Crippen LogP contribution in [0.5, 0.6) is 0 Å². The summed E-state index contributed by atoms with van der Waals surface area (Å²) in [4.78, 5) is 4.55. The Balaban J connectivity index is 2.75. The summed E-state index contributed by atoms with van der Waals surface area (Å²) in [6, 6.07) is 0.504. The molecule has 0 radical (unpaired) electrons. The molecule has 0 bridgehead atoms. The maximum atomic E-state index is 4.55. The Morgan fingerprint density at radius 2 is 1.93 bits per heavy atom. The Hall–Kier alpha value is -0.410. The van der Waals surface area contributed by atoms with Gasteiger partial charge >= 0.3 is 0 Å². The molecule has 0 fully saturated rings. The minimum atomic E-state index is -0.0252. The zero-order chi connectivity index (χ0) is 11.6. The van der Waals surface area contributed by atoms with Crippen molar-refractivity contribution in [1.29, 1.82) is 0 Å². The van der Waals surface area contributed by atoms with Crippen molar-refractivity contribution in [2.24, 2.45) is 5.92 Å². The van der Waals surface area contributed by atoms with Gasteiger partial charge in [-0.1, -0.05) is 13.8 Å². The van der Waals surface area contributed by atoms with E-state index in [9.17, 15) is 0 Å². The molecule has 0 aliphatic rings. The summed E-state index contributed by atoms with van der Waals surface area (Å²) in [7, 11) is 0. The first-order valence-corrected chi connectivity index (χ1v) is 6.41. The predicted octanol–water partition coefficient (Wildman–Crippen LogP) is 3.32. The van der Waals surface area contributed by atoms with Crippen LogP contribution < -0.4 is 5.32 Å². The van der Waals surface area contributed by atoms with E-state index in [1.807, 2.05) is 6.92 Å². The van der Waals surface area contributed by atoms with Gasteiger partial charge in [0, 0.05) is 17.1 Å². The number of thiazole rings is 1. The minimum absolute atomic E-state index is 0.0252. The summed E-state index contributed by atoms with van der Waals surface area (Å²) in [5.74, 6) is 0.644. The third-order valence-corrected chi connectivity index (χ3v) is 4.03. The first-order valence-electron chi connectivity index (χ1n) is 5.53. The normalized spacial score (nSPS) is 14.6. The van der Waals surface area contributed by atoms with E-state index in [2.05, 4.69) is 50.3 Å². The summed E-state index contributed by atoms with van der Waals surface area (Å²) in [5, 5.41) is 6.92. The first-order chi connectivity index (χ1) is 6.83. The largest absolute Gasteiger partial charge is 0.303 e. The lowest BCUT2D eigenvalue weighted by atomic mass is 10.00. The average molecular weight is 226 g/mol. The molecule has 0 saturated carbocycles. The third kappa shape index (κ3) is 3.28. The topological polar surface area (TPSA) is 24.9 Å². The van der Waals surface area contributed by atoms with Gasteiger partial charge in [-0.2, -0.15) is 0 Å². The summed E-state index contributed by atoms with van der Waals surface area (Å²) in [5.41, 5.74) is 1.09. The van der Waals surface area contributed by atoms with Crippen molar-refractivity contribution in [3.63, 3.8) is 0 Å². The Labute approximate surface area is 97.1 Å². The fraction of sp³-hybridized carbons (Fsp3) is 0.750. The van der Waals surface area contributed by atoms with Crippen LogP contribution in [0.15, 0.2) is 5.38 Å². The van der Waals surface area contributed by atoms with Gasteiger partial charge in [0.15, 0.2) is 0 Å². The van der Waals surface area contributed by atoms with E-state index in [0.29, 0.717) is 12.0 Å². The van der Waals surface area contributed by atoms with Gasteiger partial charge in [0.25, 0.3) is 0 Å². The lowest BCUT2D eigenvalue weighted by Crippen LogP contribution is -2.44. The molecule has 86 valence electrons. The molecule has 3 heteroatoms. The first kappa shape index (κ1) is 12.7. The number of nitrogens with zero attached hydrogens (tertiary/aromatic N) is 1. The van der Waals surface area contributed by atoms with E-state index < -0.39 is 0 Å². The Morgan fingerprint density at radius 3 is 2.33 bits per heavy atom. The number of nitrogens with one attached hydrogen (secondary N) is 1. The molecule has 0 aliphatic carbocycles. The standard InChI is InChI=1S/C12H22N2S/c1-8(2)10(4)14-12(5,6)11-13-9(3)7-15-11/h7-8,10,14H,1-6H3. The smallest absolute Gasteiger partial charge is 0.112 e. The lowest BCUT2D eigenvalue weighted by Gasteiger charge is -2.30. The fourth-order valence-corrected chi connectivity index (χ4v) is 2.32. The van der Waals surface area contributed by atoms with Crippen molar-refractivity contribution in [3.05, 3.63) is 16.1 Å². The van der Waals surface area contributed by atoms with Crippen LogP contribution in [0.2, 0.25) is 0 Å². The van der Waals surface area contributed by atoms with Gasteiger partial charge in [-0.3, -0.25) is 0 Å². The van der Waals surface area contributed by atoms with E-state index in [0.717, 1.165) is 5.69 Å².